The van der Waals surface area contributed by atoms with Crippen LogP contribution in [0.1, 0.15) is 52.4 Å². The fourth-order valence-electron chi connectivity index (χ4n) is 5.03. The lowest BCUT2D eigenvalue weighted by Gasteiger charge is -2.62. The van der Waals surface area contributed by atoms with Gasteiger partial charge < -0.3 is 5.11 Å². The quantitative estimate of drug-likeness (QED) is 0.272. The van der Waals surface area contributed by atoms with E-state index in [0.717, 1.165) is 22.8 Å². The van der Waals surface area contributed by atoms with Crippen molar-refractivity contribution in [2.45, 2.75) is 63.3 Å². The Morgan fingerprint density at radius 3 is 2.55 bits per heavy atom. The lowest BCUT2D eigenvalue weighted by molar-refractivity contribution is -0.137. The number of carboxylic acid groups (broad SMARTS) is 1. The lowest BCUT2D eigenvalue weighted by Crippen LogP contribution is -2.61. The van der Waals surface area contributed by atoms with Gasteiger partial charge in [0.2, 0.25) is 10.0 Å². The van der Waals surface area contributed by atoms with Crippen molar-refractivity contribution in [1.29, 1.82) is 0 Å². The highest BCUT2D eigenvalue weighted by molar-refractivity contribution is 14.1. The molecule has 1 aromatic carbocycles. The van der Waals surface area contributed by atoms with E-state index in [1.54, 1.807) is 12.1 Å². The number of fused-ring (bicyclic) bond motifs is 2. The first-order valence-corrected chi connectivity index (χ1v) is 12.8. The number of unbranched alkanes of at least 4 members (excludes halogenated alkanes) is 1. The first kappa shape index (κ1) is 22.7. The summed E-state index contributed by atoms with van der Waals surface area (Å²) in [5.74, 6) is 0.574. The van der Waals surface area contributed by atoms with Crippen molar-refractivity contribution < 1.29 is 18.3 Å². The van der Waals surface area contributed by atoms with Gasteiger partial charge in [-0.15, -0.1) is 0 Å². The molecule has 0 heterocycles. The highest BCUT2D eigenvalue weighted by Crippen LogP contribution is 2.62. The number of carbonyl (C=O) groups is 1. The summed E-state index contributed by atoms with van der Waals surface area (Å²) in [6.07, 6.45) is 8.61. The minimum atomic E-state index is -3.54. The first-order chi connectivity index (χ1) is 13.6. The van der Waals surface area contributed by atoms with Crippen molar-refractivity contribution in [3.8, 4) is 0 Å². The fraction of sp³-hybridized carbons (Fsp3) is 0.591. The maximum atomic E-state index is 12.9. The van der Waals surface area contributed by atoms with Crippen LogP contribution < -0.4 is 4.72 Å². The average Bonchev–Trinajstić information content (AvgIpc) is 2.64. The minimum Gasteiger partial charge on any atom is -0.481 e. The number of nitrogens with one attached hydrogen (secondary N) is 1. The number of sulfonamides is 1. The standard InChI is InChI=1S/C22H30INO4S/c1-22(2)15-13-19(22)18(7-5-3-4-6-8-21(25)26)20(14-15)24-29(27,28)17-11-9-16(23)10-12-17/h3,5,9-12,15,18-20,24H,4,6-8,13-14H2,1-2H3,(H,25,26)/b5-3+/t15-,18-,19-,20-/m1/s1. The van der Waals surface area contributed by atoms with Crippen molar-refractivity contribution in [1.82, 2.24) is 4.72 Å². The van der Waals surface area contributed by atoms with Crippen molar-refractivity contribution in [2.24, 2.45) is 23.2 Å². The van der Waals surface area contributed by atoms with Gasteiger partial charge in [-0.05, 0) is 102 Å². The number of aliphatic carboxylic acids is 1. The molecule has 1 aromatic rings. The third-order valence-corrected chi connectivity index (χ3v) is 9.11. The summed E-state index contributed by atoms with van der Waals surface area (Å²) in [6, 6.07) is 6.89. The van der Waals surface area contributed by atoms with Crippen LogP contribution in [0.3, 0.4) is 0 Å². The van der Waals surface area contributed by atoms with Crippen LogP contribution in [-0.2, 0) is 14.8 Å². The molecule has 2 N–H and O–H groups in total. The normalized spacial score (nSPS) is 28.2. The number of benzene rings is 1. The molecule has 5 nitrogen and oxygen atoms in total. The molecule has 0 radical (unpaired) electrons. The molecule has 2 bridgehead atoms. The molecule has 3 aliphatic carbocycles. The highest BCUT2D eigenvalue weighted by Gasteiger charge is 2.57. The summed E-state index contributed by atoms with van der Waals surface area (Å²) in [4.78, 5) is 10.9. The van der Waals surface area contributed by atoms with Crippen LogP contribution in [0.15, 0.2) is 41.3 Å². The van der Waals surface area contributed by atoms with E-state index in [4.69, 9.17) is 5.11 Å². The second-order valence-electron chi connectivity index (χ2n) is 8.93. The number of allylic oxidation sites excluding steroid dienone is 2. The zero-order valence-electron chi connectivity index (χ0n) is 17.0. The van der Waals surface area contributed by atoms with Crippen LogP contribution in [0.2, 0.25) is 0 Å². The Balaban J connectivity index is 1.68. The maximum Gasteiger partial charge on any atom is 0.303 e. The van der Waals surface area contributed by atoms with Gasteiger partial charge in [0, 0.05) is 16.0 Å². The molecule has 3 fully saturated rings. The summed E-state index contributed by atoms with van der Waals surface area (Å²) in [7, 11) is -3.54. The molecule has 0 saturated heterocycles. The number of halogens is 1. The first-order valence-electron chi connectivity index (χ1n) is 10.3. The largest absolute Gasteiger partial charge is 0.481 e. The van der Waals surface area contributed by atoms with E-state index in [9.17, 15) is 13.2 Å². The third kappa shape index (κ3) is 5.22. The van der Waals surface area contributed by atoms with Crippen molar-refractivity contribution in [2.75, 3.05) is 0 Å². The Hall–Kier alpha value is -0.930. The van der Waals surface area contributed by atoms with Gasteiger partial charge in [-0.1, -0.05) is 26.0 Å². The van der Waals surface area contributed by atoms with E-state index in [-0.39, 0.29) is 23.8 Å². The predicted molar refractivity (Wildman–Crippen MR) is 122 cm³/mol. The number of rotatable bonds is 9. The molecule has 0 aromatic heterocycles. The maximum absolute atomic E-state index is 12.9. The number of hydrogen-bond acceptors (Lipinski definition) is 3. The molecule has 4 rings (SSSR count). The average molecular weight is 531 g/mol. The van der Waals surface area contributed by atoms with Gasteiger partial charge >= 0.3 is 5.97 Å². The van der Waals surface area contributed by atoms with E-state index in [2.05, 4.69) is 47.2 Å². The van der Waals surface area contributed by atoms with Crippen LogP contribution in [0, 0.1) is 26.7 Å². The van der Waals surface area contributed by atoms with Gasteiger partial charge in [0.25, 0.3) is 0 Å². The molecule has 3 aliphatic rings. The molecular formula is C22H30INO4S. The van der Waals surface area contributed by atoms with Crippen LogP contribution >= 0.6 is 22.6 Å². The SMILES string of the molecule is CC1(C)[C@@H]2C[C@@H]1[C@@H](C/C=C/CCCC(=O)O)[C@H](NS(=O)(=O)c1ccc(I)cc1)C2. The fourth-order valence-corrected chi connectivity index (χ4v) is 6.69. The van der Waals surface area contributed by atoms with Crippen LogP contribution in [0.5, 0.6) is 0 Å². The van der Waals surface area contributed by atoms with E-state index in [1.165, 1.54) is 6.42 Å². The predicted octanol–water partition coefficient (Wildman–Crippen LogP) is 4.82. The zero-order chi connectivity index (χ0) is 21.2. The van der Waals surface area contributed by atoms with E-state index in [1.807, 2.05) is 18.2 Å². The molecule has 0 unspecified atom stereocenters. The Kier molecular flexibility index (Phi) is 7.10. The molecule has 0 spiro atoms. The highest BCUT2D eigenvalue weighted by atomic mass is 127. The van der Waals surface area contributed by atoms with E-state index >= 15 is 0 Å². The molecule has 7 heteroatoms. The van der Waals surface area contributed by atoms with Gasteiger partial charge in [0.05, 0.1) is 4.90 Å². The van der Waals surface area contributed by atoms with Gasteiger partial charge in [-0.3, -0.25) is 4.79 Å². The topological polar surface area (TPSA) is 83.5 Å². The second-order valence-corrected chi connectivity index (χ2v) is 11.9. The van der Waals surface area contributed by atoms with E-state index < -0.39 is 16.0 Å². The van der Waals surface area contributed by atoms with Gasteiger partial charge in [-0.25, -0.2) is 13.1 Å². The molecule has 4 atom stereocenters. The number of carboxylic acids is 1. The Bertz CT molecular complexity index is 863. The van der Waals surface area contributed by atoms with Crippen LogP contribution in [0.25, 0.3) is 0 Å². The van der Waals surface area contributed by atoms with Gasteiger partial charge in [-0.2, -0.15) is 0 Å². The Labute approximate surface area is 187 Å². The third-order valence-electron chi connectivity index (χ3n) is 6.89. The molecule has 29 heavy (non-hydrogen) atoms. The van der Waals surface area contributed by atoms with Crippen LogP contribution in [0.4, 0.5) is 0 Å². The van der Waals surface area contributed by atoms with Crippen molar-refractivity contribution in [3.63, 3.8) is 0 Å². The smallest absolute Gasteiger partial charge is 0.303 e. The second kappa shape index (κ2) is 9.06. The molecule has 3 saturated carbocycles. The summed E-state index contributed by atoms with van der Waals surface area (Å²) in [5.41, 5.74) is 0.257. The summed E-state index contributed by atoms with van der Waals surface area (Å²) >= 11 is 2.17. The van der Waals surface area contributed by atoms with Gasteiger partial charge in [0.15, 0.2) is 0 Å². The van der Waals surface area contributed by atoms with Crippen molar-refractivity contribution >= 4 is 38.6 Å². The summed E-state index contributed by atoms with van der Waals surface area (Å²) in [6.45, 7) is 4.61. The number of hydrogen-bond donors (Lipinski definition) is 2. The van der Waals surface area contributed by atoms with Crippen molar-refractivity contribution in [3.05, 3.63) is 40.0 Å². The molecular weight excluding hydrogens is 501 g/mol. The van der Waals surface area contributed by atoms with Crippen LogP contribution in [-0.4, -0.2) is 25.5 Å². The zero-order valence-corrected chi connectivity index (χ0v) is 19.9. The lowest BCUT2D eigenvalue weighted by atomic mass is 9.44. The van der Waals surface area contributed by atoms with E-state index in [0.29, 0.717) is 23.2 Å². The Morgan fingerprint density at radius 1 is 1.24 bits per heavy atom. The summed E-state index contributed by atoms with van der Waals surface area (Å²) in [5, 5.41) is 8.73. The molecule has 160 valence electrons. The Morgan fingerprint density at radius 2 is 1.93 bits per heavy atom. The van der Waals surface area contributed by atoms with Gasteiger partial charge in [0.1, 0.15) is 0 Å². The molecule has 0 aliphatic heterocycles. The summed E-state index contributed by atoms with van der Waals surface area (Å²) < 4.78 is 29.9. The molecule has 0 amide bonds. The minimum absolute atomic E-state index is 0.0558. The monoisotopic (exact) mass is 531 g/mol.